The van der Waals surface area contributed by atoms with Gasteiger partial charge in [0.1, 0.15) is 5.01 Å². The standard InChI is InChI=1S/C15H20N4OS/c1-4-11-7-5-6-8-12(11)14(20)16-15-18-17-13(21-15)9-10-19(2)3/h5-8H,4,9-10H2,1-3H3,(H,16,18,20). The van der Waals surface area contributed by atoms with E-state index in [1.54, 1.807) is 0 Å². The third-order valence-electron chi connectivity index (χ3n) is 3.10. The maximum atomic E-state index is 12.3. The van der Waals surface area contributed by atoms with E-state index in [1.807, 2.05) is 45.3 Å². The van der Waals surface area contributed by atoms with Crippen molar-refractivity contribution < 1.29 is 4.79 Å². The number of hydrogen-bond donors (Lipinski definition) is 1. The van der Waals surface area contributed by atoms with Crippen LogP contribution < -0.4 is 5.32 Å². The van der Waals surface area contributed by atoms with Gasteiger partial charge >= 0.3 is 0 Å². The summed E-state index contributed by atoms with van der Waals surface area (Å²) in [6, 6.07) is 7.62. The number of amides is 1. The van der Waals surface area contributed by atoms with E-state index in [4.69, 9.17) is 0 Å². The molecule has 112 valence electrons. The Kier molecular flexibility index (Phi) is 5.41. The first-order chi connectivity index (χ1) is 10.1. The number of rotatable bonds is 6. The quantitative estimate of drug-likeness (QED) is 0.890. The Bertz CT molecular complexity index is 609. The summed E-state index contributed by atoms with van der Waals surface area (Å²) in [5.74, 6) is -0.122. The Hall–Kier alpha value is -1.79. The zero-order chi connectivity index (χ0) is 15.2. The second-order valence-electron chi connectivity index (χ2n) is 5.02. The molecule has 0 saturated heterocycles. The van der Waals surface area contributed by atoms with Crippen LogP contribution in [0.25, 0.3) is 0 Å². The number of aryl methyl sites for hydroxylation is 1. The Morgan fingerprint density at radius 3 is 2.76 bits per heavy atom. The topological polar surface area (TPSA) is 58.1 Å². The van der Waals surface area contributed by atoms with Crippen LogP contribution in [0.1, 0.15) is 27.9 Å². The highest BCUT2D eigenvalue weighted by Crippen LogP contribution is 2.18. The molecule has 6 heteroatoms. The lowest BCUT2D eigenvalue weighted by molar-refractivity contribution is 0.102. The fraction of sp³-hybridized carbons (Fsp3) is 0.400. The van der Waals surface area contributed by atoms with Crippen LogP contribution in [0.4, 0.5) is 5.13 Å². The summed E-state index contributed by atoms with van der Waals surface area (Å²) in [6.07, 6.45) is 1.67. The Labute approximate surface area is 129 Å². The van der Waals surface area contributed by atoms with E-state index in [-0.39, 0.29) is 5.91 Å². The van der Waals surface area contributed by atoms with E-state index in [9.17, 15) is 4.79 Å². The molecule has 1 heterocycles. The number of benzene rings is 1. The third-order valence-corrected chi connectivity index (χ3v) is 4.00. The van der Waals surface area contributed by atoms with Crippen LogP contribution in [0.3, 0.4) is 0 Å². The molecule has 2 aromatic rings. The number of likely N-dealkylation sites (N-methyl/N-ethyl adjacent to an activating group) is 1. The summed E-state index contributed by atoms with van der Waals surface area (Å²) in [5.41, 5.74) is 1.73. The van der Waals surface area contributed by atoms with E-state index < -0.39 is 0 Å². The summed E-state index contributed by atoms with van der Waals surface area (Å²) in [5, 5.41) is 12.5. The number of carbonyl (C=O) groups is 1. The molecular formula is C15H20N4OS. The zero-order valence-corrected chi connectivity index (χ0v) is 13.4. The maximum absolute atomic E-state index is 12.3. The molecule has 0 radical (unpaired) electrons. The Balaban J connectivity index is 2.03. The van der Waals surface area contributed by atoms with E-state index >= 15 is 0 Å². The molecular weight excluding hydrogens is 284 g/mol. The van der Waals surface area contributed by atoms with E-state index in [0.717, 1.165) is 30.0 Å². The monoisotopic (exact) mass is 304 g/mol. The molecule has 1 aromatic heterocycles. The van der Waals surface area contributed by atoms with Gasteiger partial charge in [0.25, 0.3) is 5.91 Å². The molecule has 0 saturated carbocycles. The van der Waals surface area contributed by atoms with Crippen molar-refractivity contribution in [1.29, 1.82) is 0 Å². The fourth-order valence-corrected chi connectivity index (χ4v) is 2.66. The number of hydrogen-bond acceptors (Lipinski definition) is 5. The summed E-state index contributed by atoms with van der Waals surface area (Å²) < 4.78 is 0. The highest BCUT2D eigenvalue weighted by Gasteiger charge is 2.12. The average molecular weight is 304 g/mol. The van der Waals surface area contributed by atoms with Crippen LogP contribution in [0.15, 0.2) is 24.3 Å². The number of nitrogens with one attached hydrogen (secondary N) is 1. The summed E-state index contributed by atoms with van der Waals surface area (Å²) in [7, 11) is 4.04. The van der Waals surface area contributed by atoms with Gasteiger partial charge in [-0.1, -0.05) is 36.5 Å². The number of anilines is 1. The minimum Gasteiger partial charge on any atom is -0.309 e. The molecule has 0 unspecified atom stereocenters. The van der Waals surface area contributed by atoms with Crippen molar-refractivity contribution in [2.75, 3.05) is 26.0 Å². The van der Waals surface area contributed by atoms with Crippen LogP contribution in [0, 0.1) is 0 Å². The second-order valence-corrected chi connectivity index (χ2v) is 6.08. The smallest absolute Gasteiger partial charge is 0.257 e. The van der Waals surface area contributed by atoms with Gasteiger partial charge in [-0.3, -0.25) is 10.1 Å². The van der Waals surface area contributed by atoms with Crippen LogP contribution in [0.5, 0.6) is 0 Å². The molecule has 0 fully saturated rings. The van der Waals surface area contributed by atoms with E-state index in [1.165, 1.54) is 11.3 Å². The fourth-order valence-electron chi connectivity index (χ4n) is 1.94. The van der Waals surface area contributed by atoms with Crippen molar-refractivity contribution in [2.24, 2.45) is 0 Å². The van der Waals surface area contributed by atoms with Gasteiger partial charge in [0, 0.05) is 18.5 Å². The number of carbonyl (C=O) groups excluding carboxylic acids is 1. The van der Waals surface area contributed by atoms with Gasteiger partial charge < -0.3 is 4.90 Å². The molecule has 21 heavy (non-hydrogen) atoms. The van der Waals surface area contributed by atoms with Gasteiger partial charge in [-0.2, -0.15) is 0 Å². The molecule has 0 aliphatic rings. The van der Waals surface area contributed by atoms with Crippen molar-refractivity contribution in [3.05, 3.63) is 40.4 Å². The van der Waals surface area contributed by atoms with Crippen molar-refractivity contribution in [3.63, 3.8) is 0 Å². The molecule has 2 rings (SSSR count). The summed E-state index contributed by atoms with van der Waals surface area (Å²) in [4.78, 5) is 14.4. The number of aromatic nitrogens is 2. The van der Waals surface area contributed by atoms with Crippen LogP contribution in [-0.2, 0) is 12.8 Å². The minimum absolute atomic E-state index is 0.122. The van der Waals surface area contributed by atoms with Crippen molar-refractivity contribution in [2.45, 2.75) is 19.8 Å². The van der Waals surface area contributed by atoms with Gasteiger partial charge in [-0.05, 0) is 32.1 Å². The van der Waals surface area contributed by atoms with Crippen LogP contribution in [-0.4, -0.2) is 41.6 Å². The van der Waals surface area contributed by atoms with E-state index in [0.29, 0.717) is 10.7 Å². The lowest BCUT2D eigenvalue weighted by Gasteiger charge is -2.06. The molecule has 0 atom stereocenters. The van der Waals surface area contributed by atoms with Crippen molar-refractivity contribution in [3.8, 4) is 0 Å². The lowest BCUT2D eigenvalue weighted by atomic mass is 10.1. The predicted molar refractivity (Wildman–Crippen MR) is 85.9 cm³/mol. The predicted octanol–water partition coefficient (Wildman–Crippen LogP) is 2.46. The van der Waals surface area contributed by atoms with Crippen LogP contribution >= 0.6 is 11.3 Å². The molecule has 1 N–H and O–H groups in total. The average Bonchev–Trinajstić information content (AvgIpc) is 2.92. The number of nitrogens with zero attached hydrogens (tertiary/aromatic N) is 3. The Morgan fingerprint density at radius 2 is 2.05 bits per heavy atom. The van der Waals surface area contributed by atoms with E-state index in [2.05, 4.69) is 20.4 Å². The normalized spacial score (nSPS) is 10.9. The molecule has 0 bridgehead atoms. The molecule has 1 amide bonds. The Morgan fingerprint density at radius 1 is 1.29 bits per heavy atom. The highest BCUT2D eigenvalue weighted by atomic mass is 32.1. The molecule has 0 spiro atoms. The SMILES string of the molecule is CCc1ccccc1C(=O)Nc1nnc(CCN(C)C)s1. The van der Waals surface area contributed by atoms with Gasteiger partial charge in [-0.25, -0.2) is 0 Å². The third kappa shape index (κ3) is 4.34. The maximum Gasteiger partial charge on any atom is 0.257 e. The van der Waals surface area contributed by atoms with Gasteiger partial charge in [0.2, 0.25) is 5.13 Å². The van der Waals surface area contributed by atoms with Crippen molar-refractivity contribution >= 4 is 22.4 Å². The summed E-state index contributed by atoms with van der Waals surface area (Å²) >= 11 is 1.43. The molecule has 0 aliphatic carbocycles. The van der Waals surface area contributed by atoms with Crippen LogP contribution in [0.2, 0.25) is 0 Å². The molecule has 1 aromatic carbocycles. The van der Waals surface area contributed by atoms with Gasteiger partial charge in [0.05, 0.1) is 0 Å². The van der Waals surface area contributed by atoms with Gasteiger partial charge in [-0.15, -0.1) is 10.2 Å². The first kappa shape index (κ1) is 15.6. The largest absolute Gasteiger partial charge is 0.309 e. The van der Waals surface area contributed by atoms with Gasteiger partial charge in [0.15, 0.2) is 0 Å². The molecule has 5 nitrogen and oxygen atoms in total. The first-order valence-corrected chi connectivity index (χ1v) is 7.78. The zero-order valence-electron chi connectivity index (χ0n) is 12.6. The summed E-state index contributed by atoms with van der Waals surface area (Å²) in [6.45, 7) is 2.96. The minimum atomic E-state index is -0.122. The first-order valence-electron chi connectivity index (χ1n) is 6.96. The second kappa shape index (κ2) is 7.28. The van der Waals surface area contributed by atoms with Crippen molar-refractivity contribution in [1.82, 2.24) is 15.1 Å². The lowest BCUT2D eigenvalue weighted by Crippen LogP contribution is -2.14. The molecule has 0 aliphatic heterocycles. The highest BCUT2D eigenvalue weighted by molar-refractivity contribution is 7.15.